The third-order valence-electron chi connectivity index (χ3n) is 11.1. The molecular weight excluding hydrogens is 655 g/mol. The fourth-order valence-corrected chi connectivity index (χ4v) is 10.3. The quantitative estimate of drug-likeness (QED) is 0.365. The number of amides is 4. The Balaban J connectivity index is 1.06. The maximum Gasteiger partial charge on any atom is 0.249 e. The molecule has 0 aliphatic carbocycles. The smallest absolute Gasteiger partial charge is 0.249 e. The molecule has 6 rings (SSSR count). The number of sulfonamides is 1. The Hall–Kier alpha value is -3.61. The molecule has 3 fully saturated rings. The van der Waals surface area contributed by atoms with E-state index in [1.54, 1.807) is 33.5 Å². The summed E-state index contributed by atoms with van der Waals surface area (Å²) in [4.78, 5) is 55.1. The maximum atomic E-state index is 13.6. The molecule has 4 aliphatic heterocycles. The van der Waals surface area contributed by atoms with E-state index in [4.69, 9.17) is 0 Å². The van der Waals surface area contributed by atoms with Crippen LogP contribution in [0.3, 0.4) is 0 Å². The van der Waals surface area contributed by atoms with Crippen LogP contribution in [0.4, 0.5) is 11.4 Å². The summed E-state index contributed by atoms with van der Waals surface area (Å²) in [5.74, 6) is -0.829. The number of fused-ring (bicyclic) bond motifs is 1. The summed E-state index contributed by atoms with van der Waals surface area (Å²) in [5, 5.41) is 5.39. The Morgan fingerprint density at radius 3 is 2.46 bits per heavy atom. The molecule has 2 aromatic rings. The summed E-state index contributed by atoms with van der Waals surface area (Å²) in [6.45, 7) is 10.3. The van der Waals surface area contributed by atoms with Crippen LogP contribution >= 0.6 is 0 Å². The van der Waals surface area contributed by atoms with Crippen LogP contribution in [0.5, 0.6) is 0 Å². The Labute approximate surface area is 296 Å². The van der Waals surface area contributed by atoms with E-state index in [1.807, 2.05) is 33.8 Å². The second-order valence-corrected chi connectivity index (χ2v) is 17.4. The third kappa shape index (κ3) is 7.82. The lowest BCUT2D eigenvalue weighted by atomic mass is 9.80. The number of carbonyl (C=O) groups is 4. The number of carbonyl (C=O) groups excluding carboxylic acids is 4. The molecule has 0 saturated carbocycles. The Bertz CT molecular complexity index is 1750. The summed E-state index contributed by atoms with van der Waals surface area (Å²) in [5.41, 5.74) is 3.87. The van der Waals surface area contributed by atoms with Crippen molar-refractivity contribution in [2.45, 2.75) is 102 Å². The van der Waals surface area contributed by atoms with Crippen LogP contribution in [-0.2, 0) is 41.4 Å². The molecule has 50 heavy (non-hydrogen) atoms. The molecule has 0 aromatic heterocycles. The van der Waals surface area contributed by atoms with E-state index in [0.717, 1.165) is 56.4 Å². The predicted molar refractivity (Wildman–Crippen MR) is 193 cm³/mol. The zero-order valence-electron chi connectivity index (χ0n) is 29.7. The summed E-state index contributed by atoms with van der Waals surface area (Å²) < 4.78 is 28.3. The van der Waals surface area contributed by atoms with Gasteiger partial charge in [-0.25, -0.2) is 8.42 Å². The highest BCUT2D eigenvalue weighted by Gasteiger charge is 2.43. The summed E-state index contributed by atoms with van der Waals surface area (Å²) in [6, 6.07) is 12.7. The predicted octanol–water partition coefficient (Wildman–Crippen LogP) is 4.57. The van der Waals surface area contributed by atoms with Gasteiger partial charge >= 0.3 is 0 Å². The van der Waals surface area contributed by atoms with Crippen LogP contribution in [0.15, 0.2) is 42.5 Å². The number of benzene rings is 2. The second kappa shape index (κ2) is 14.6. The van der Waals surface area contributed by atoms with Gasteiger partial charge in [0.1, 0.15) is 6.04 Å². The highest BCUT2D eigenvalue weighted by molar-refractivity contribution is 7.88. The van der Waals surface area contributed by atoms with Crippen LogP contribution in [-0.4, -0.2) is 79.0 Å². The van der Waals surface area contributed by atoms with Gasteiger partial charge in [-0.15, -0.1) is 0 Å². The summed E-state index contributed by atoms with van der Waals surface area (Å²) in [6.07, 6.45) is 5.66. The monoisotopic (exact) mass is 705 g/mol. The van der Waals surface area contributed by atoms with Gasteiger partial charge in [-0.3, -0.25) is 34.3 Å². The highest BCUT2D eigenvalue weighted by atomic mass is 32.2. The molecule has 0 radical (unpaired) electrons. The summed E-state index contributed by atoms with van der Waals surface area (Å²) >= 11 is 0. The van der Waals surface area contributed by atoms with Crippen LogP contribution in [0.1, 0.15) is 95.2 Å². The molecule has 0 bridgehead atoms. The third-order valence-corrected chi connectivity index (χ3v) is 13.1. The van der Waals surface area contributed by atoms with Gasteiger partial charge in [-0.1, -0.05) is 44.5 Å². The van der Waals surface area contributed by atoms with Crippen LogP contribution in [0.25, 0.3) is 0 Å². The first kappa shape index (κ1) is 36.2. The molecule has 4 amide bonds. The van der Waals surface area contributed by atoms with E-state index in [0.29, 0.717) is 36.6 Å². The van der Waals surface area contributed by atoms with Crippen molar-refractivity contribution in [3.8, 4) is 0 Å². The van der Waals surface area contributed by atoms with Gasteiger partial charge in [-0.2, -0.15) is 4.31 Å². The number of nitrogens with zero attached hydrogens (tertiary/aromatic N) is 3. The number of piperidine rings is 3. The molecular formula is C38H51N5O6S. The Morgan fingerprint density at radius 2 is 1.76 bits per heavy atom. The van der Waals surface area contributed by atoms with Gasteiger partial charge in [0, 0.05) is 35.8 Å². The second-order valence-electron chi connectivity index (χ2n) is 15.5. The lowest BCUT2D eigenvalue weighted by molar-refractivity contribution is -0.136. The standard InChI is InChI=1S/C38H51N5O6S/c1-25(2)31-22-29-21-28(10-11-32(29)43(37(31)47)33-12-13-34(44)40-36(33)46)27-14-18-41(19-15-27)23-35(45)39-30-9-7-8-26(20-30)24-50(48,49)42-17-6-5-16-38(42,3)4/h7-11,20-21,25,27,31,33H,5-6,12-19,22-24H2,1-4H3,(H,39,45)(H,40,44,46). The zero-order chi connectivity index (χ0) is 35.8. The van der Waals surface area contributed by atoms with Crippen molar-refractivity contribution in [3.63, 3.8) is 0 Å². The van der Waals surface area contributed by atoms with Crippen molar-refractivity contribution in [2.75, 3.05) is 36.4 Å². The number of hydrogen-bond acceptors (Lipinski definition) is 7. The minimum Gasteiger partial charge on any atom is -0.325 e. The first-order chi connectivity index (χ1) is 23.7. The van der Waals surface area contributed by atoms with Crippen LogP contribution < -0.4 is 15.5 Å². The largest absolute Gasteiger partial charge is 0.325 e. The first-order valence-electron chi connectivity index (χ1n) is 18.1. The number of rotatable bonds is 9. The van der Waals surface area contributed by atoms with Crippen molar-refractivity contribution in [3.05, 3.63) is 59.2 Å². The van der Waals surface area contributed by atoms with E-state index >= 15 is 0 Å². The van der Waals surface area contributed by atoms with E-state index in [9.17, 15) is 27.6 Å². The minimum absolute atomic E-state index is 0.0559. The van der Waals surface area contributed by atoms with Crippen molar-refractivity contribution >= 4 is 45.0 Å². The molecule has 2 unspecified atom stereocenters. The minimum atomic E-state index is -3.50. The van der Waals surface area contributed by atoms with Crippen molar-refractivity contribution in [2.24, 2.45) is 11.8 Å². The first-order valence-corrected chi connectivity index (χ1v) is 19.7. The Morgan fingerprint density at radius 1 is 1.00 bits per heavy atom. The van der Waals surface area contributed by atoms with Gasteiger partial charge < -0.3 is 5.32 Å². The van der Waals surface area contributed by atoms with Gasteiger partial charge in [0.15, 0.2) is 0 Å². The summed E-state index contributed by atoms with van der Waals surface area (Å²) in [7, 11) is -3.50. The Kier molecular flexibility index (Phi) is 10.5. The molecule has 2 aromatic carbocycles. The number of nitrogens with one attached hydrogen (secondary N) is 2. The van der Waals surface area contributed by atoms with Crippen molar-refractivity contribution in [1.29, 1.82) is 0 Å². The van der Waals surface area contributed by atoms with Gasteiger partial charge in [-0.05, 0) is 112 Å². The molecule has 4 aliphatic rings. The number of imide groups is 1. The zero-order valence-corrected chi connectivity index (χ0v) is 30.6. The van der Waals surface area contributed by atoms with Crippen molar-refractivity contribution < 1.29 is 27.6 Å². The molecule has 3 saturated heterocycles. The number of hydrogen-bond donors (Lipinski definition) is 2. The molecule has 0 spiro atoms. The van der Waals surface area contributed by atoms with E-state index in [1.165, 1.54) is 5.56 Å². The SMILES string of the molecule is CC(C)C1Cc2cc(C3CCN(CC(=O)Nc4cccc(CS(=O)(=O)N5CCCCC5(C)C)c4)CC3)ccc2N(C2CCC(=O)NC2=O)C1=O. The average molecular weight is 706 g/mol. The van der Waals surface area contributed by atoms with E-state index < -0.39 is 27.5 Å². The fraction of sp³-hybridized carbons (Fsp3) is 0.579. The normalized spacial score (nSPS) is 23.9. The average Bonchev–Trinajstić information content (AvgIpc) is 3.04. The molecule has 2 N–H and O–H groups in total. The van der Waals surface area contributed by atoms with Gasteiger partial charge in [0.05, 0.1) is 12.3 Å². The lowest BCUT2D eigenvalue weighted by Crippen LogP contribution is -2.57. The maximum absolute atomic E-state index is 13.6. The topological polar surface area (TPSA) is 136 Å². The lowest BCUT2D eigenvalue weighted by Gasteiger charge is -2.41. The molecule has 2 atom stereocenters. The molecule has 270 valence electrons. The van der Waals surface area contributed by atoms with E-state index in [-0.39, 0.29) is 48.3 Å². The number of likely N-dealkylation sites (tertiary alicyclic amines) is 1. The highest BCUT2D eigenvalue weighted by Crippen LogP contribution is 2.39. The molecule has 11 nitrogen and oxygen atoms in total. The van der Waals surface area contributed by atoms with Gasteiger partial charge in [0.25, 0.3) is 0 Å². The van der Waals surface area contributed by atoms with Crippen molar-refractivity contribution in [1.82, 2.24) is 14.5 Å². The number of anilines is 2. The molecule has 4 heterocycles. The molecule has 12 heteroatoms. The van der Waals surface area contributed by atoms with Crippen LogP contribution in [0, 0.1) is 11.8 Å². The van der Waals surface area contributed by atoms with Crippen LogP contribution in [0.2, 0.25) is 0 Å². The van der Waals surface area contributed by atoms with E-state index in [2.05, 4.69) is 27.7 Å². The van der Waals surface area contributed by atoms with Gasteiger partial charge in [0.2, 0.25) is 33.7 Å². The fourth-order valence-electron chi connectivity index (χ4n) is 8.26.